The van der Waals surface area contributed by atoms with Crippen LogP contribution in [0.15, 0.2) is 0 Å². The maximum absolute atomic E-state index is 11.0. The van der Waals surface area contributed by atoms with E-state index in [0.29, 0.717) is 0 Å². The maximum Gasteiger partial charge on any atom is 1.00 e. The van der Waals surface area contributed by atoms with Gasteiger partial charge in [-0.2, -0.15) is 0 Å². The van der Waals surface area contributed by atoms with E-state index in [9.17, 15) is 13.6 Å². The summed E-state index contributed by atoms with van der Waals surface area (Å²) in [7, 11) is 0. The molecule has 4 nitrogen and oxygen atoms in total. The monoisotopic (exact) mass is 218 g/mol. The molecule has 0 aromatic carbocycles. The molecule has 0 amide bonds. The van der Waals surface area contributed by atoms with E-state index in [1.54, 1.807) is 20.8 Å². The molecule has 0 aliphatic rings. The molecule has 0 fully saturated rings. The first-order valence-electron chi connectivity index (χ1n) is 3.10. The molecule has 0 heterocycles. The second-order valence-electron chi connectivity index (χ2n) is 3.14. The Morgan fingerprint density at radius 3 is 2.17 bits per heavy atom. The molecule has 0 saturated carbocycles. The van der Waals surface area contributed by atoms with Gasteiger partial charge in [0.15, 0.2) is 5.78 Å². The molecule has 0 aromatic heterocycles. The predicted molar refractivity (Wildman–Crippen MR) is 39.3 cm³/mol. The normalized spacial score (nSPS) is 13.3. The van der Waals surface area contributed by atoms with Gasteiger partial charge in [0.25, 0.3) is 0 Å². The standard InChI is InChI=1S/C6H12O4S.K/c1-6(2,3)5(7)4-10-11(8)9;/h4H2,1-3H3,(H,8,9);/q;+1/p-1. The van der Waals surface area contributed by atoms with E-state index >= 15 is 0 Å². The van der Waals surface area contributed by atoms with Crippen LogP contribution < -0.4 is 51.4 Å². The van der Waals surface area contributed by atoms with Crippen LogP contribution in [0.2, 0.25) is 0 Å². The van der Waals surface area contributed by atoms with E-state index in [0.717, 1.165) is 0 Å². The Bertz CT molecular complexity index is 175. The molecule has 1 unspecified atom stereocenters. The summed E-state index contributed by atoms with van der Waals surface area (Å²) in [6.07, 6.45) is 0. The molecule has 0 aliphatic heterocycles. The van der Waals surface area contributed by atoms with Gasteiger partial charge in [-0.25, -0.2) is 4.21 Å². The van der Waals surface area contributed by atoms with Crippen molar-refractivity contribution in [3.8, 4) is 0 Å². The second kappa shape index (κ2) is 6.77. The van der Waals surface area contributed by atoms with Crippen molar-refractivity contribution < 1.29 is 69.1 Å². The van der Waals surface area contributed by atoms with Gasteiger partial charge >= 0.3 is 51.4 Å². The molecule has 0 spiro atoms. The zero-order chi connectivity index (χ0) is 9.07. The molecule has 12 heavy (non-hydrogen) atoms. The Kier molecular flexibility index (Phi) is 8.94. The number of hydrogen-bond donors (Lipinski definition) is 0. The minimum absolute atomic E-state index is 0. The predicted octanol–water partition coefficient (Wildman–Crippen LogP) is -2.58. The first-order valence-corrected chi connectivity index (χ1v) is 4.10. The molecule has 6 heteroatoms. The Labute approximate surface area is 117 Å². The largest absolute Gasteiger partial charge is 1.00 e. The molecular weight excluding hydrogens is 207 g/mol. The summed E-state index contributed by atoms with van der Waals surface area (Å²) in [5, 5.41) is 0. The van der Waals surface area contributed by atoms with Crippen LogP contribution in [-0.4, -0.2) is 21.2 Å². The van der Waals surface area contributed by atoms with Crippen LogP contribution in [0.4, 0.5) is 0 Å². The van der Waals surface area contributed by atoms with Gasteiger partial charge in [-0.15, -0.1) is 0 Å². The van der Waals surface area contributed by atoms with Gasteiger partial charge in [0.1, 0.15) is 6.61 Å². The number of carbonyl (C=O) groups is 1. The van der Waals surface area contributed by atoms with E-state index in [-0.39, 0.29) is 63.8 Å². The maximum atomic E-state index is 11.0. The average molecular weight is 218 g/mol. The molecule has 0 aromatic rings. The summed E-state index contributed by atoms with van der Waals surface area (Å²) < 4.78 is 23.8. The van der Waals surface area contributed by atoms with E-state index < -0.39 is 16.8 Å². The minimum atomic E-state index is -2.59. The fourth-order valence-corrected chi connectivity index (χ4v) is 0.521. The van der Waals surface area contributed by atoms with Crippen LogP contribution in [0.3, 0.4) is 0 Å². The van der Waals surface area contributed by atoms with Crippen LogP contribution in [0.25, 0.3) is 0 Å². The third kappa shape index (κ3) is 8.00. The van der Waals surface area contributed by atoms with Gasteiger partial charge in [0, 0.05) is 5.41 Å². The Hall–Kier alpha value is 1.38. The quantitative estimate of drug-likeness (QED) is 0.385. The van der Waals surface area contributed by atoms with E-state index in [1.807, 2.05) is 0 Å². The van der Waals surface area contributed by atoms with Crippen LogP contribution >= 0.6 is 0 Å². The van der Waals surface area contributed by atoms with E-state index in [4.69, 9.17) is 0 Å². The topological polar surface area (TPSA) is 66.4 Å². The van der Waals surface area contributed by atoms with Gasteiger partial charge in [0.2, 0.25) is 0 Å². The fourth-order valence-electron chi connectivity index (χ4n) is 0.318. The van der Waals surface area contributed by atoms with Crippen molar-refractivity contribution in [3.63, 3.8) is 0 Å². The van der Waals surface area contributed by atoms with Gasteiger partial charge in [0.05, 0.1) is 11.4 Å². The molecule has 1 atom stereocenters. The molecule has 0 saturated heterocycles. The van der Waals surface area contributed by atoms with Crippen LogP contribution in [0, 0.1) is 5.41 Å². The van der Waals surface area contributed by atoms with Crippen molar-refractivity contribution in [2.45, 2.75) is 20.8 Å². The zero-order valence-corrected chi connectivity index (χ0v) is 11.7. The smallest absolute Gasteiger partial charge is 0.750 e. The number of Topliss-reactive ketones (excluding diaryl/α,β-unsaturated/α-hetero) is 1. The van der Waals surface area contributed by atoms with E-state index in [2.05, 4.69) is 4.18 Å². The third-order valence-corrected chi connectivity index (χ3v) is 1.43. The SMILES string of the molecule is CC(C)(C)C(=O)COS(=O)[O-].[K+]. The number of rotatable bonds is 3. The molecule has 0 aliphatic carbocycles. The van der Waals surface area contributed by atoms with Gasteiger partial charge in [-0.3, -0.25) is 8.98 Å². The summed E-state index contributed by atoms with van der Waals surface area (Å²) in [5.41, 5.74) is -0.542. The molecule has 0 radical (unpaired) electrons. The first-order chi connectivity index (χ1) is 4.84. The Balaban J connectivity index is 0. The summed E-state index contributed by atoms with van der Waals surface area (Å²) in [4.78, 5) is 11.0. The van der Waals surface area contributed by atoms with Crippen LogP contribution in [0.5, 0.6) is 0 Å². The van der Waals surface area contributed by atoms with Crippen molar-refractivity contribution in [1.29, 1.82) is 0 Å². The number of ketones is 1. The van der Waals surface area contributed by atoms with Gasteiger partial charge in [-0.05, 0) is 0 Å². The third-order valence-electron chi connectivity index (χ3n) is 1.12. The molecule has 0 bridgehead atoms. The fraction of sp³-hybridized carbons (Fsp3) is 0.833. The molecule has 66 valence electrons. The first kappa shape index (κ1) is 15.8. The van der Waals surface area contributed by atoms with Gasteiger partial charge < -0.3 is 4.55 Å². The second-order valence-corrected chi connectivity index (χ2v) is 3.78. The summed E-state index contributed by atoms with van der Waals surface area (Å²) in [6.45, 7) is 4.73. The van der Waals surface area contributed by atoms with E-state index in [1.165, 1.54) is 0 Å². The van der Waals surface area contributed by atoms with Crippen LogP contribution in [0.1, 0.15) is 20.8 Å². The Morgan fingerprint density at radius 2 is 1.92 bits per heavy atom. The van der Waals surface area contributed by atoms with Gasteiger partial charge in [-0.1, -0.05) is 20.8 Å². The number of hydrogen-bond acceptors (Lipinski definition) is 4. The minimum Gasteiger partial charge on any atom is -0.750 e. The summed E-state index contributed by atoms with van der Waals surface area (Å²) >= 11 is -2.59. The molecule has 0 rings (SSSR count). The van der Waals surface area contributed by atoms with Crippen molar-refractivity contribution in [2.75, 3.05) is 6.61 Å². The Morgan fingerprint density at radius 1 is 1.50 bits per heavy atom. The zero-order valence-electron chi connectivity index (χ0n) is 7.75. The molecule has 0 N–H and O–H groups in total. The molecular formula is C6H11KO4S. The van der Waals surface area contributed by atoms with Crippen molar-refractivity contribution in [1.82, 2.24) is 0 Å². The number of carbonyl (C=O) groups excluding carboxylic acids is 1. The van der Waals surface area contributed by atoms with Crippen molar-refractivity contribution in [3.05, 3.63) is 0 Å². The summed E-state index contributed by atoms with van der Waals surface area (Å²) in [6, 6.07) is 0. The summed E-state index contributed by atoms with van der Waals surface area (Å²) in [5.74, 6) is -0.235. The average Bonchev–Trinajstić information content (AvgIpc) is 1.80. The van der Waals surface area contributed by atoms with Crippen LogP contribution in [-0.2, 0) is 20.3 Å². The van der Waals surface area contributed by atoms with Crippen molar-refractivity contribution in [2.24, 2.45) is 5.41 Å². The van der Waals surface area contributed by atoms with Crippen molar-refractivity contribution >= 4 is 17.1 Å².